The Hall–Kier alpha value is -1.31. The number of esters is 1. The molecule has 0 aliphatic carbocycles. The highest BCUT2D eigenvalue weighted by Gasteiger charge is 2.40. The fourth-order valence-electron chi connectivity index (χ4n) is 2.85. The lowest BCUT2D eigenvalue weighted by Gasteiger charge is -2.16. The maximum absolute atomic E-state index is 11.0. The number of unbranched alkanes of at least 4 members (excludes halogenated alkanes) is 4. The van der Waals surface area contributed by atoms with Gasteiger partial charge in [0.05, 0.1) is 12.2 Å². The van der Waals surface area contributed by atoms with Crippen LogP contribution in [0.4, 0.5) is 0 Å². The van der Waals surface area contributed by atoms with Gasteiger partial charge in [-0.15, -0.1) is 0 Å². The van der Waals surface area contributed by atoms with Gasteiger partial charge in [0, 0.05) is 13.3 Å². The van der Waals surface area contributed by atoms with E-state index in [1.165, 1.54) is 38.7 Å². The summed E-state index contributed by atoms with van der Waals surface area (Å²) in [4.78, 5) is 11.0. The molecule has 0 spiro atoms. The van der Waals surface area contributed by atoms with E-state index >= 15 is 0 Å². The van der Waals surface area contributed by atoms with Crippen LogP contribution in [-0.4, -0.2) is 30.1 Å². The Morgan fingerprint density at radius 2 is 1.92 bits per heavy atom. The van der Waals surface area contributed by atoms with E-state index in [0.29, 0.717) is 6.42 Å². The summed E-state index contributed by atoms with van der Waals surface area (Å²) in [6.07, 6.45) is 8.76. The van der Waals surface area contributed by atoms with Gasteiger partial charge >= 0.3 is 5.97 Å². The normalized spacial score (nSPS) is 23.2. The number of hydrogen-bond acceptors (Lipinski definition) is 4. The Morgan fingerprint density at radius 3 is 2.54 bits per heavy atom. The molecule has 24 heavy (non-hydrogen) atoms. The average molecular weight is 336 g/mol. The van der Waals surface area contributed by atoms with Crippen LogP contribution in [0.1, 0.15) is 72.6 Å². The number of rotatable bonds is 9. The van der Waals surface area contributed by atoms with Crippen LogP contribution in [0.15, 0.2) is 12.7 Å². The third-order valence-electron chi connectivity index (χ3n) is 3.93. The van der Waals surface area contributed by atoms with Crippen LogP contribution in [0.2, 0.25) is 0 Å². The van der Waals surface area contributed by atoms with E-state index in [2.05, 4.69) is 25.3 Å². The second-order valence-corrected chi connectivity index (χ2v) is 6.71. The van der Waals surface area contributed by atoms with Crippen LogP contribution in [-0.2, 0) is 19.0 Å². The van der Waals surface area contributed by atoms with Crippen molar-refractivity contribution in [1.82, 2.24) is 0 Å². The zero-order valence-corrected chi connectivity index (χ0v) is 15.6. The van der Waals surface area contributed by atoms with Gasteiger partial charge in [0.1, 0.15) is 0 Å². The zero-order chi connectivity index (χ0) is 18.0. The molecule has 0 unspecified atom stereocenters. The van der Waals surface area contributed by atoms with Gasteiger partial charge < -0.3 is 14.2 Å². The molecule has 0 N–H and O–H groups in total. The van der Waals surface area contributed by atoms with Crippen LogP contribution in [0.25, 0.3) is 0 Å². The fourth-order valence-corrected chi connectivity index (χ4v) is 2.85. The van der Waals surface area contributed by atoms with Crippen molar-refractivity contribution in [1.29, 1.82) is 0 Å². The van der Waals surface area contributed by atoms with Crippen molar-refractivity contribution in [2.45, 2.75) is 96.7 Å². The molecular formula is C20H32O4. The van der Waals surface area contributed by atoms with Crippen molar-refractivity contribution in [3.05, 3.63) is 12.7 Å². The molecule has 136 valence electrons. The molecular weight excluding hydrogens is 304 g/mol. The first-order valence-electron chi connectivity index (χ1n) is 9.01. The highest BCUT2D eigenvalue weighted by atomic mass is 16.7. The van der Waals surface area contributed by atoms with Crippen LogP contribution in [0.5, 0.6) is 0 Å². The third-order valence-corrected chi connectivity index (χ3v) is 3.93. The highest BCUT2D eigenvalue weighted by molar-refractivity contribution is 5.66. The van der Waals surface area contributed by atoms with Crippen molar-refractivity contribution in [2.24, 2.45) is 0 Å². The van der Waals surface area contributed by atoms with Gasteiger partial charge in [-0.05, 0) is 26.3 Å². The van der Waals surface area contributed by atoms with Gasteiger partial charge in [-0.25, -0.2) is 0 Å². The van der Waals surface area contributed by atoms with E-state index in [1.54, 1.807) is 0 Å². The minimum absolute atomic E-state index is 0.0403. The Kier molecular flexibility index (Phi) is 9.10. The highest BCUT2D eigenvalue weighted by Crippen LogP contribution is 2.32. The topological polar surface area (TPSA) is 44.8 Å². The van der Waals surface area contributed by atoms with E-state index in [1.807, 2.05) is 13.8 Å². The Morgan fingerprint density at radius 1 is 1.25 bits per heavy atom. The summed E-state index contributed by atoms with van der Waals surface area (Å²) in [6.45, 7) is 11.1. The second kappa shape index (κ2) is 10.5. The lowest BCUT2D eigenvalue weighted by Crippen LogP contribution is -2.22. The average Bonchev–Trinajstić information content (AvgIpc) is 2.79. The molecule has 0 saturated carbocycles. The van der Waals surface area contributed by atoms with E-state index < -0.39 is 11.9 Å². The predicted octanol–water partition coefficient (Wildman–Crippen LogP) is 4.38. The summed E-state index contributed by atoms with van der Waals surface area (Å²) in [5.74, 6) is 5.05. The second-order valence-electron chi connectivity index (χ2n) is 6.71. The molecule has 1 saturated heterocycles. The minimum Gasteiger partial charge on any atom is -0.445 e. The van der Waals surface area contributed by atoms with Crippen molar-refractivity contribution >= 4 is 5.97 Å². The van der Waals surface area contributed by atoms with Crippen LogP contribution >= 0.6 is 0 Å². The van der Waals surface area contributed by atoms with Gasteiger partial charge in [0.2, 0.25) is 0 Å². The maximum atomic E-state index is 11.0. The van der Waals surface area contributed by atoms with Crippen molar-refractivity contribution in [2.75, 3.05) is 0 Å². The largest absolute Gasteiger partial charge is 0.445 e. The Labute approximate surface area is 146 Å². The van der Waals surface area contributed by atoms with Gasteiger partial charge in [0.15, 0.2) is 11.9 Å². The summed E-state index contributed by atoms with van der Waals surface area (Å²) < 4.78 is 17.0. The number of hydrogen-bond donors (Lipinski definition) is 0. The lowest BCUT2D eigenvalue weighted by atomic mass is 10.0. The molecule has 0 aromatic carbocycles. The molecule has 0 bridgehead atoms. The van der Waals surface area contributed by atoms with Crippen molar-refractivity contribution in [3.8, 4) is 11.8 Å². The summed E-state index contributed by atoms with van der Waals surface area (Å²) in [6, 6.07) is 0. The first-order valence-corrected chi connectivity index (χ1v) is 9.01. The predicted molar refractivity (Wildman–Crippen MR) is 95.3 cm³/mol. The monoisotopic (exact) mass is 336 g/mol. The van der Waals surface area contributed by atoms with Crippen LogP contribution in [0, 0.1) is 11.8 Å². The van der Waals surface area contributed by atoms with Gasteiger partial charge in [0.25, 0.3) is 0 Å². The molecule has 0 radical (unpaired) electrons. The zero-order valence-electron chi connectivity index (χ0n) is 15.6. The van der Waals surface area contributed by atoms with Crippen molar-refractivity contribution < 1.29 is 19.0 Å². The molecule has 4 heteroatoms. The van der Waals surface area contributed by atoms with Crippen molar-refractivity contribution in [3.63, 3.8) is 0 Å². The van der Waals surface area contributed by atoms with Gasteiger partial charge in [-0.1, -0.05) is 57.4 Å². The molecule has 1 rings (SSSR count). The maximum Gasteiger partial charge on any atom is 0.304 e. The van der Waals surface area contributed by atoms with E-state index in [4.69, 9.17) is 14.2 Å². The van der Waals surface area contributed by atoms with Crippen LogP contribution in [0.3, 0.4) is 0 Å². The molecule has 1 fully saturated rings. The molecule has 0 aromatic heterocycles. The smallest absolute Gasteiger partial charge is 0.304 e. The summed E-state index contributed by atoms with van der Waals surface area (Å²) in [5, 5.41) is 0. The standard InChI is InChI=1S/C20H32O4/c1-6-8-9-10-11-14-18-19(24-20(4,5)23-18)15-12-13-17(7-2)22-16(3)21/h7,17-19H,2,6,8-11,14-15H2,1,3-5H3/t17-,18-,19-/m1/s1. The van der Waals surface area contributed by atoms with E-state index in [9.17, 15) is 4.79 Å². The van der Waals surface area contributed by atoms with E-state index in [0.717, 1.165) is 12.8 Å². The van der Waals surface area contributed by atoms with Gasteiger partial charge in [-0.3, -0.25) is 4.79 Å². The lowest BCUT2D eigenvalue weighted by molar-refractivity contribution is -0.146. The minimum atomic E-state index is -0.565. The molecule has 0 amide bonds. The van der Waals surface area contributed by atoms with Gasteiger partial charge in [-0.2, -0.15) is 0 Å². The Balaban J connectivity index is 2.50. The fraction of sp³-hybridized carbons (Fsp3) is 0.750. The quantitative estimate of drug-likeness (QED) is 0.271. The third kappa shape index (κ3) is 7.99. The molecule has 1 heterocycles. The summed E-state index contributed by atoms with van der Waals surface area (Å²) in [7, 11) is 0. The number of carbonyl (C=O) groups is 1. The Bertz CT molecular complexity index is 458. The summed E-state index contributed by atoms with van der Waals surface area (Å²) >= 11 is 0. The molecule has 4 nitrogen and oxygen atoms in total. The molecule has 1 aliphatic rings. The van der Waals surface area contributed by atoms with E-state index in [-0.39, 0.29) is 18.2 Å². The summed E-state index contributed by atoms with van der Waals surface area (Å²) in [5.41, 5.74) is 0. The number of carbonyl (C=O) groups excluding carboxylic acids is 1. The molecule has 3 atom stereocenters. The first-order chi connectivity index (χ1) is 11.4. The SMILES string of the molecule is C=C[C@H](C#CC[C@H]1OC(C)(C)O[C@@H]1CCCCCCC)OC(C)=O. The first kappa shape index (κ1) is 20.7. The molecule has 0 aromatic rings. The molecule has 1 aliphatic heterocycles. The van der Waals surface area contributed by atoms with Crippen LogP contribution < -0.4 is 0 Å². The number of ether oxygens (including phenoxy) is 3.